The van der Waals surface area contributed by atoms with Crippen molar-refractivity contribution < 1.29 is 23.9 Å². The summed E-state index contributed by atoms with van der Waals surface area (Å²) >= 11 is 14.3. The second-order valence-electron chi connectivity index (χ2n) is 16.9. The maximum Gasteiger partial charge on any atom is 0.410 e. The lowest BCUT2D eigenvalue weighted by Gasteiger charge is -2.43. The molecule has 0 unspecified atom stereocenters. The fraction of sp³-hybridized carbons (Fsp3) is 0.378. The summed E-state index contributed by atoms with van der Waals surface area (Å²) in [7, 11) is 1.52. The molecule has 3 aliphatic rings. The van der Waals surface area contributed by atoms with Gasteiger partial charge in [-0.25, -0.2) is 14.8 Å². The second kappa shape index (κ2) is 16.5. The molecule has 8 rings (SSSR count). The number of rotatable bonds is 11. The van der Waals surface area contributed by atoms with Gasteiger partial charge in [0.05, 0.1) is 40.4 Å². The predicted molar refractivity (Wildman–Crippen MR) is 230 cm³/mol. The highest BCUT2D eigenvalue weighted by Crippen LogP contribution is 2.47. The van der Waals surface area contributed by atoms with Crippen LogP contribution in [0.25, 0.3) is 39.2 Å². The van der Waals surface area contributed by atoms with Crippen LogP contribution in [0.3, 0.4) is 0 Å². The van der Waals surface area contributed by atoms with Gasteiger partial charge in [0.15, 0.2) is 0 Å². The normalized spacial score (nSPS) is 19.9. The van der Waals surface area contributed by atoms with Crippen LogP contribution in [0.2, 0.25) is 10.0 Å². The molecule has 0 radical (unpaired) electrons. The van der Waals surface area contributed by atoms with Crippen LogP contribution < -0.4 is 26.2 Å². The largest absolute Gasteiger partial charge is 0.481 e. The zero-order chi connectivity index (χ0) is 42.3. The summed E-state index contributed by atoms with van der Waals surface area (Å²) in [6.45, 7) is 6.95. The van der Waals surface area contributed by atoms with Gasteiger partial charge in [-0.2, -0.15) is 0 Å². The van der Waals surface area contributed by atoms with E-state index in [9.17, 15) is 19.2 Å². The summed E-state index contributed by atoms with van der Waals surface area (Å²) in [4.78, 5) is 61.9. The molecule has 2 saturated heterocycles. The lowest BCUT2D eigenvalue weighted by atomic mass is 9.64. The molecular weight excluding hydrogens is 805 g/mol. The number of ether oxygens (including phenoxy) is 2. The third-order valence-corrected chi connectivity index (χ3v) is 12.4. The van der Waals surface area contributed by atoms with Crippen LogP contribution in [0.4, 0.5) is 4.79 Å². The molecule has 2 aliphatic heterocycles. The smallest absolute Gasteiger partial charge is 0.410 e. The molecule has 0 bridgehead atoms. The molecule has 1 saturated carbocycles. The Bertz CT molecular complexity index is 2570. The molecule has 1 atom stereocenters. The van der Waals surface area contributed by atoms with Crippen molar-refractivity contribution in [1.29, 1.82) is 0 Å². The number of hydrogen-bond donors (Lipinski definition) is 3. The summed E-state index contributed by atoms with van der Waals surface area (Å²) in [5, 5.41) is 10.2. The Labute approximate surface area is 357 Å². The Morgan fingerprint density at radius 3 is 2.37 bits per heavy atom. The van der Waals surface area contributed by atoms with Crippen LogP contribution in [-0.2, 0) is 27.4 Å². The molecule has 2 aromatic carbocycles. The number of carbonyl (C=O) groups excluding carboxylic acids is 3. The number of nitrogens with one attached hydrogen (secondary N) is 3. The highest BCUT2D eigenvalue weighted by Gasteiger charge is 2.52. The van der Waals surface area contributed by atoms with E-state index in [0.717, 1.165) is 36.9 Å². The summed E-state index contributed by atoms with van der Waals surface area (Å²) in [5.74, 6) is 0.419. The molecule has 13 nitrogen and oxygen atoms in total. The van der Waals surface area contributed by atoms with Crippen LogP contribution in [0, 0.1) is 5.41 Å². The van der Waals surface area contributed by atoms with Crippen LogP contribution in [-0.4, -0.2) is 75.1 Å². The zero-order valence-corrected chi connectivity index (χ0v) is 35.5. The van der Waals surface area contributed by atoms with Crippen LogP contribution in [0.1, 0.15) is 64.0 Å². The number of aromatic nitrogens is 3. The van der Waals surface area contributed by atoms with Crippen molar-refractivity contribution in [2.75, 3.05) is 20.2 Å². The Morgan fingerprint density at radius 1 is 0.983 bits per heavy atom. The van der Waals surface area contributed by atoms with E-state index < -0.39 is 11.7 Å². The standard InChI is InChI=1S/C45H47Cl2N7O6/c1-44(2,3)60-43(58)53(25-29-12-14-37(55)51-29)24-27-11-13-35(52-40(27)59-4)34-10-6-9-33(39(34)47)32-8-5-7-31(38(32)46)26-15-18-54-36(19-26)50-23-28(41(54)56)22-49-30-20-45(21-30)16-17-48-42(45)57/h5-11,13,15,18-19,23,29-30,49H,12,14,16-17,20-22,24-25H2,1-4H3,(H,48,57)(H,51,55)/t29-,30?,45?/m0/s1. The molecule has 3 aromatic heterocycles. The van der Waals surface area contributed by atoms with E-state index in [2.05, 4.69) is 20.9 Å². The number of fused-ring (bicyclic) bond motifs is 1. The van der Waals surface area contributed by atoms with Gasteiger partial charge in [0.1, 0.15) is 11.2 Å². The van der Waals surface area contributed by atoms with E-state index in [1.807, 2.05) is 81.4 Å². The van der Waals surface area contributed by atoms with Crippen molar-refractivity contribution in [2.24, 2.45) is 5.41 Å². The summed E-state index contributed by atoms with van der Waals surface area (Å²) in [6.07, 6.45) is 6.28. The van der Waals surface area contributed by atoms with Gasteiger partial charge in [-0.15, -0.1) is 0 Å². The van der Waals surface area contributed by atoms with Gasteiger partial charge in [-0.1, -0.05) is 59.6 Å². The van der Waals surface area contributed by atoms with Crippen molar-refractivity contribution in [1.82, 2.24) is 35.2 Å². The van der Waals surface area contributed by atoms with Gasteiger partial charge in [-0.3, -0.25) is 18.8 Å². The summed E-state index contributed by atoms with van der Waals surface area (Å²) < 4.78 is 13.0. The minimum Gasteiger partial charge on any atom is -0.481 e. The number of carbonyl (C=O) groups is 3. The van der Waals surface area contributed by atoms with Gasteiger partial charge in [0.25, 0.3) is 5.56 Å². The van der Waals surface area contributed by atoms with Gasteiger partial charge < -0.3 is 30.3 Å². The Balaban J connectivity index is 1.02. The molecule has 15 heteroatoms. The Hall–Kier alpha value is -5.50. The zero-order valence-electron chi connectivity index (χ0n) is 33.9. The number of methoxy groups -OCH3 is 1. The number of hydrogen-bond acceptors (Lipinski definition) is 9. The minimum atomic E-state index is -0.710. The van der Waals surface area contributed by atoms with E-state index in [4.69, 9.17) is 37.7 Å². The SMILES string of the molecule is COc1nc(-c2cccc(-c3cccc(-c4ccn5c(=O)c(CNC6CC7(CCNC7=O)C6)cnc5c4)c3Cl)c2Cl)ccc1CN(C[C@@H]1CCC(=O)N1)C(=O)OC(C)(C)C. The molecule has 3 N–H and O–H groups in total. The topological polar surface area (TPSA) is 156 Å². The predicted octanol–water partition coefficient (Wildman–Crippen LogP) is 7.18. The van der Waals surface area contributed by atoms with Gasteiger partial charge >= 0.3 is 6.09 Å². The Kier molecular flexibility index (Phi) is 11.4. The van der Waals surface area contributed by atoms with E-state index in [-0.39, 0.29) is 48.0 Å². The molecule has 5 heterocycles. The maximum absolute atomic E-state index is 13.5. The monoisotopic (exact) mass is 851 g/mol. The second-order valence-corrected chi connectivity index (χ2v) is 17.6. The van der Waals surface area contributed by atoms with Crippen LogP contribution in [0.15, 0.2) is 77.9 Å². The Morgan fingerprint density at radius 2 is 1.70 bits per heavy atom. The highest BCUT2D eigenvalue weighted by molar-refractivity contribution is 6.39. The van der Waals surface area contributed by atoms with E-state index in [1.165, 1.54) is 11.5 Å². The van der Waals surface area contributed by atoms with Crippen molar-refractivity contribution >= 4 is 46.8 Å². The quantitative estimate of drug-likeness (QED) is 0.125. The number of halogens is 2. The highest BCUT2D eigenvalue weighted by atomic mass is 35.5. The first-order valence-electron chi connectivity index (χ1n) is 20.1. The maximum atomic E-state index is 13.5. The van der Waals surface area contributed by atoms with Crippen LogP contribution >= 0.6 is 23.2 Å². The van der Waals surface area contributed by atoms with Gasteiger partial charge in [-0.05, 0) is 76.3 Å². The molecule has 1 spiro atoms. The van der Waals surface area contributed by atoms with Crippen molar-refractivity contribution in [3.8, 4) is 39.4 Å². The molecule has 1 aliphatic carbocycles. The van der Waals surface area contributed by atoms with Gasteiger partial charge in [0, 0.05) is 78.3 Å². The first-order valence-corrected chi connectivity index (χ1v) is 20.9. The molecule has 3 amide bonds. The molecule has 312 valence electrons. The van der Waals surface area contributed by atoms with E-state index >= 15 is 0 Å². The molecule has 5 aromatic rings. The first-order chi connectivity index (χ1) is 28.7. The molecule has 3 fully saturated rings. The van der Waals surface area contributed by atoms with E-state index in [1.54, 1.807) is 17.3 Å². The molecular formula is C45H47Cl2N7O6. The van der Waals surface area contributed by atoms with Crippen molar-refractivity contribution in [3.05, 3.63) is 105 Å². The number of amides is 3. The average Bonchev–Trinajstić information content (AvgIpc) is 3.80. The first kappa shape index (κ1) is 41.2. The molecule has 60 heavy (non-hydrogen) atoms. The lowest BCUT2D eigenvalue weighted by molar-refractivity contribution is -0.133. The fourth-order valence-corrected chi connectivity index (χ4v) is 9.08. The lowest BCUT2D eigenvalue weighted by Crippen LogP contribution is -2.52. The average molecular weight is 853 g/mol. The van der Waals surface area contributed by atoms with Crippen molar-refractivity contribution in [2.45, 2.75) is 83.6 Å². The third-order valence-electron chi connectivity index (χ3n) is 11.6. The van der Waals surface area contributed by atoms with Gasteiger partial charge in [0.2, 0.25) is 17.7 Å². The minimum absolute atomic E-state index is 0.0392. The van der Waals surface area contributed by atoms with Crippen molar-refractivity contribution in [3.63, 3.8) is 0 Å². The summed E-state index contributed by atoms with van der Waals surface area (Å²) in [5.41, 5.74) is 4.69. The number of benzene rings is 2. The fourth-order valence-electron chi connectivity index (χ4n) is 8.42. The number of pyridine rings is 2. The van der Waals surface area contributed by atoms with Crippen LogP contribution in [0.5, 0.6) is 5.88 Å². The summed E-state index contributed by atoms with van der Waals surface area (Å²) in [6, 6.07) is 18.7. The third kappa shape index (κ3) is 8.30. The number of nitrogens with zero attached hydrogens (tertiary/aromatic N) is 4. The van der Waals surface area contributed by atoms with E-state index in [0.29, 0.717) is 74.5 Å².